The third-order valence-electron chi connectivity index (χ3n) is 6.14. The van der Waals surface area contributed by atoms with Crippen LogP contribution in [0.1, 0.15) is 87.8 Å². The highest BCUT2D eigenvalue weighted by atomic mass is 32.1. The molecule has 4 N–H and O–H groups in total. The highest BCUT2D eigenvalue weighted by molar-refractivity contribution is 7.09. The topological polar surface area (TPSA) is 152 Å². The Hall–Kier alpha value is -2.97. The standard InChI is InChI=1S/C26H40N4O6S/c1-7-18(8-2)23(29-22(32)12-10-9-11-13-27)25(33)30(6)20(16(3)4)14-21(36-17(5)31)24-28-19(15-37-24)26(34)35/h1,15-16,18,20-21,23H,8-14,27H2,2-6H3,(H,29,32)(H,34,35)/t18-,20+,21+,23?/m0/s1. The molecule has 0 aliphatic rings. The summed E-state index contributed by atoms with van der Waals surface area (Å²) in [6.45, 7) is 7.53. The first kappa shape index (κ1) is 32.1. The second-order valence-electron chi connectivity index (χ2n) is 9.30. The molecule has 10 nitrogen and oxygen atoms in total. The van der Waals surface area contributed by atoms with E-state index in [9.17, 15) is 24.3 Å². The Morgan fingerprint density at radius 1 is 1.27 bits per heavy atom. The number of carbonyl (C=O) groups excluding carboxylic acids is 3. The molecule has 0 saturated heterocycles. The predicted octanol–water partition coefficient (Wildman–Crippen LogP) is 2.98. The highest BCUT2D eigenvalue weighted by Gasteiger charge is 2.36. The Labute approximate surface area is 223 Å². The van der Waals surface area contributed by atoms with Crippen LogP contribution in [0.5, 0.6) is 0 Å². The fourth-order valence-electron chi connectivity index (χ4n) is 4.05. The largest absolute Gasteiger partial charge is 0.476 e. The number of rotatable bonds is 16. The molecule has 2 amide bonds. The predicted molar refractivity (Wildman–Crippen MR) is 142 cm³/mol. The lowest BCUT2D eigenvalue weighted by molar-refractivity contribution is -0.149. The number of aromatic nitrogens is 1. The maximum atomic E-state index is 13.7. The molecule has 0 fully saturated rings. The van der Waals surface area contributed by atoms with Gasteiger partial charge in [-0.05, 0) is 31.7 Å². The summed E-state index contributed by atoms with van der Waals surface area (Å²) < 4.78 is 5.49. The number of likely N-dealkylation sites (N-methyl/N-ethyl adjacent to an activating group) is 1. The van der Waals surface area contributed by atoms with E-state index in [-0.39, 0.29) is 36.3 Å². The van der Waals surface area contributed by atoms with Gasteiger partial charge >= 0.3 is 11.9 Å². The smallest absolute Gasteiger partial charge is 0.355 e. The van der Waals surface area contributed by atoms with Crippen molar-refractivity contribution in [1.29, 1.82) is 0 Å². The van der Waals surface area contributed by atoms with Gasteiger partial charge < -0.3 is 25.8 Å². The van der Waals surface area contributed by atoms with Crippen molar-refractivity contribution in [2.24, 2.45) is 17.6 Å². The summed E-state index contributed by atoms with van der Waals surface area (Å²) in [5.41, 5.74) is 5.37. The maximum absolute atomic E-state index is 13.7. The van der Waals surface area contributed by atoms with Gasteiger partial charge in [0.15, 0.2) is 11.8 Å². The number of hydrogen-bond acceptors (Lipinski definition) is 8. The van der Waals surface area contributed by atoms with E-state index in [1.54, 1.807) is 7.05 Å². The first-order chi connectivity index (χ1) is 17.5. The summed E-state index contributed by atoms with van der Waals surface area (Å²) in [6, 6.07) is -1.33. The van der Waals surface area contributed by atoms with E-state index in [1.165, 1.54) is 17.2 Å². The average molecular weight is 537 g/mol. The quantitative estimate of drug-likeness (QED) is 0.166. The van der Waals surface area contributed by atoms with E-state index in [1.807, 2.05) is 20.8 Å². The molecule has 0 aliphatic carbocycles. The molecule has 1 unspecified atom stereocenters. The van der Waals surface area contributed by atoms with Crippen LogP contribution in [-0.2, 0) is 19.1 Å². The molecule has 0 spiro atoms. The van der Waals surface area contributed by atoms with Crippen molar-refractivity contribution in [3.63, 3.8) is 0 Å². The zero-order valence-electron chi connectivity index (χ0n) is 22.4. The first-order valence-electron chi connectivity index (χ1n) is 12.5. The number of esters is 1. The number of carboxylic acid groups (broad SMARTS) is 1. The normalized spacial score (nSPS) is 14.2. The molecule has 4 atom stereocenters. The Morgan fingerprint density at radius 2 is 1.95 bits per heavy atom. The van der Waals surface area contributed by atoms with Crippen LogP contribution >= 0.6 is 11.3 Å². The average Bonchev–Trinajstić information content (AvgIpc) is 3.34. The SMILES string of the molecule is C#C[C@@H](CC)C(NC(=O)CCCCCN)C(=O)N(C)[C@H](C[C@@H](OC(C)=O)c1nc(C(=O)O)cs1)C(C)C. The van der Waals surface area contributed by atoms with E-state index >= 15 is 0 Å². The zero-order chi connectivity index (χ0) is 28.1. The number of carbonyl (C=O) groups is 4. The molecular formula is C26H40N4O6S. The lowest BCUT2D eigenvalue weighted by Crippen LogP contribution is -2.54. The van der Waals surface area contributed by atoms with Crippen LogP contribution in [0.4, 0.5) is 0 Å². The summed E-state index contributed by atoms with van der Waals surface area (Å²) in [6.07, 6.45) is 8.14. The molecule has 206 valence electrons. The van der Waals surface area contributed by atoms with Crippen LogP contribution in [0.15, 0.2) is 5.38 Å². The van der Waals surface area contributed by atoms with Crippen LogP contribution in [0, 0.1) is 24.2 Å². The van der Waals surface area contributed by atoms with Crippen molar-refractivity contribution in [3.05, 3.63) is 16.1 Å². The van der Waals surface area contributed by atoms with E-state index in [0.29, 0.717) is 24.4 Å². The number of hydrogen-bond donors (Lipinski definition) is 3. The maximum Gasteiger partial charge on any atom is 0.355 e. The number of nitrogens with two attached hydrogens (primary N) is 1. The van der Waals surface area contributed by atoms with Gasteiger partial charge in [0.2, 0.25) is 11.8 Å². The molecule has 0 radical (unpaired) electrons. The second-order valence-corrected chi connectivity index (χ2v) is 10.2. The summed E-state index contributed by atoms with van der Waals surface area (Å²) in [5, 5.41) is 13.8. The number of ether oxygens (including phenoxy) is 1. The van der Waals surface area contributed by atoms with Crippen molar-refractivity contribution in [2.45, 2.75) is 84.4 Å². The van der Waals surface area contributed by atoms with E-state index in [0.717, 1.165) is 24.2 Å². The van der Waals surface area contributed by atoms with Gasteiger partial charge in [-0.15, -0.1) is 23.7 Å². The Balaban J connectivity index is 3.17. The first-order valence-corrected chi connectivity index (χ1v) is 13.4. The highest BCUT2D eigenvalue weighted by Crippen LogP contribution is 2.31. The zero-order valence-corrected chi connectivity index (χ0v) is 23.2. The van der Waals surface area contributed by atoms with E-state index in [4.69, 9.17) is 16.9 Å². The minimum atomic E-state index is -1.18. The number of carboxylic acids is 1. The molecule has 1 rings (SSSR count). The molecule has 1 aromatic rings. The Bertz CT molecular complexity index is 957. The van der Waals surface area contributed by atoms with Gasteiger partial charge in [-0.3, -0.25) is 14.4 Å². The molecule has 0 bridgehead atoms. The molecule has 0 aromatic carbocycles. The van der Waals surface area contributed by atoms with Gasteiger partial charge in [-0.1, -0.05) is 27.2 Å². The second kappa shape index (κ2) is 16.0. The summed E-state index contributed by atoms with van der Waals surface area (Å²) in [4.78, 5) is 55.1. The fraction of sp³-hybridized carbons (Fsp3) is 0.654. The Morgan fingerprint density at radius 3 is 2.43 bits per heavy atom. The summed E-state index contributed by atoms with van der Waals surface area (Å²) in [7, 11) is 1.63. The van der Waals surface area contributed by atoms with Gasteiger partial charge in [-0.25, -0.2) is 9.78 Å². The molecule has 11 heteroatoms. The van der Waals surface area contributed by atoms with Gasteiger partial charge in [-0.2, -0.15) is 0 Å². The number of unbranched alkanes of at least 4 members (excludes halogenated alkanes) is 2. The van der Waals surface area contributed by atoms with Gasteiger partial charge in [0, 0.05) is 44.2 Å². The lowest BCUT2D eigenvalue weighted by Gasteiger charge is -2.36. The number of terminal acetylenes is 1. The van der Waals surface area contributed by atoms with E-state index < -0.39 is 36.0 Å². The van der Waals surface area contributed by atoms with Crippen molar-refractivity contribution in [1.82, 2.24) is 15.2 Å². The van der Waals surface area contributed by atoms with Crippen LogP contribution in [-0.4, -0.2) is 64.4 Å². The van der Waals surface area contributed by atoms with Crippen LogP contribution in [0.2, 0.25) is 0 Å². The van der Waals surface area contributed by atoms with Crippen molar-refractivity contribution in [3.8, 4) is 12.3 Å². The molecular weight excluding hydrogens is 496 g/mol. The molecule has 0 aliphatic heterocycles. The number of thiazole rings is 1. The molecule has 1 heterocycles. The number of nitrogens with zero attached hydrogens (tertiary/aromatic N) is 2. The van der Waals surface area contributed by atoms with Crippen LogP contribution in [0.3, 0.4) is 0 Å². The van der Waals surface area contributed by atoms with Crippen molar-refractivity contribution in [2.75, 3.05) is 13.6 Å². The molecule has 0 saturated carbocycles. The lowest BCUT2D eigenvalue weighted by atomic mass is 9.92. The minimum Gasteiger partial charge on any atom is -0.476 e. The third kappa shape index (κ3) is 10.1. The van der Waals surface area contributed by atoms with Gasteiger partial charge in [0.25, 0.3) is 0 Å². The number of nitrogens with one attached hydrogen (secondary N) is 1. The minimum absolute atomic E-state index is 0.0653. The van der Waals surface area contributed by atoms with Crippen molar-refractivity contribution < 1.29 is 29.0 Å². The molecule has 37 heavy (non-hydrogen) atoms. The van der Waals surface area contributed by atoms with Gasteiger partial charge in [0.05, 0.1) is 0 Å². The fourth-order valence-corrected chi connectivity index (χ4v) is 4.88. The van der Waals surface area contributed by atoms with E-state index in [2.05, 4.69) is 16.2 Å². The third-order valence-corrected chi connectivity index (χ3v) is 7.08. The molecule has 1 aromatic heterocycles. The Kier molecular flexibility index (Phi) is 13.9. The number of aromatic carboxylic acids is 1. The summed E-state index contributed by atoms with van der Waals surface area (Å²) in [5.74, 6) is -0.260. The number of amides is 2. The van der Waals surface area contributed by atoms with Gasteiger partial charge in [0.1, 0.15) is 11.0 Å². The van der Waals surface area contributed by atoms with Crippen LogP contribution < -0.4 is 11.1 Å². The monoisotopic (exact) mass is 536 g/mol. The summed E-state index contributed by atoms with van der Waals surface area (Å²) >= 11 is 1.08. The van der Waals surface area contributed by atoms with Crippen molar-refractivity contribution >= 4 is 35.1 Å². The van der Waals surface area contributed by atoms with Crippen LogP contribution in [0.25, 0.3) is 0 Å².